The SMILES string of the molecule is CCc1c(-c2cc(N)on2)cc(F)c(C)c1OC. The molecule has 1 aromatic carbocycles. The molecule has 0 saturated carbocycles. The summed E-state index contributed by atoms with van der Waals surface area (Å²) in [5.41, 5.74) is 8.05. The number of nitrogens with zero attached hydrogens (tertiary/aromatic N) is 1. The van der Waals surface area contributed by atoms with E-state index in [0.29, 0.717) is 29.0 Å². The fourth-order valence-electron chi connectivity index (χ4n) is 2.05. The number of rotatable bonds is 3. The Kier molecular flexibility index (Phi) is 3.23. The first-order valence-electron chi connectivity index (χ1n) is 5.67. The maximum absolute atomic E-state index is 13.9. The van der Waals surface area contributed by atoms with Crippen LogP contribution in [0.2, 0.25) is 0 Å². The first-order chi connectivity index (χ1) is 8.58. The Labute approximate surface area is 105 Å². The van der Waals surface area contributed by atoms with Gasteiger partial charge in [-0.3, -0.25) is 0 Å². The molecule has 0 fully saturated rings. The Balaban J connectivity index is 2.70. The third-order valence-corrected chi connectivity index (χ3v) is 2.93. The molecule has 1 heterocycles. The maximum atomic E-state index is 13.9. The smallest absolute Gasteiger partial charge is 0.222 e. The topological polar surface area (TPSA) is 61.3 Å². The van der Waals surface area contributed by atoms with E-state index in [4.69, 9.17) is 15.0 Å². The highest BCUT2D eigenvalue weighted by Gasteiger charge is 2.18. The highest BCUT2D eigenvalue weighted by molar-refractivity contribution is 5.70. The van der Waals surface area contributed by atoms with Crippen LogP contribution in [-0.4, -0.2) is 12.3 Å². The second-order valence-corrected chi connectivity index (χ2v) is 4.01. The average molecular weight is 250 g/mol. The number of halogens is 1. The number of nitrogens with two attached hydrogens (primary N) is 1. The van der Waals surface area contributed by atoms with Crippen LogP contribution < -0.4 is 10.5 Å². The lowest BCUT2D eigenvalue weighted by Gasteiger charge is -2.14. The van der Waals surface area contributed by atoms with E-state index in [2.05, 4.69) is 5.16 Å². The summed E-state index contributed by atoms with van der Waals surface area (Å²) in [7, 11) is 1.53. The maximum Gasteiger partial charge on any atom is 0.222 e. The molecule has 0 aliphatic carbocycles. The first kappa shape index (κ1) is 12.4. The molecule has 0 saturated heterocycles. The van der Waals surface area contributed by atoms with Crippen molar-refractivity contribution in [1.82, 2.24) is 5.16 Å². The monoisotopic (exact) mass is 250 g/mol. The summed E-state index contributed by atoms with van der Waals surface area (Å²) in [5.74, 6) is 0.418. The molecule has 5 heteroatoms. The van der Waals surface area contributed by atoms with Gasteiger partial charge in [0.25, 0.3) is 0 Å². The molecule has 0 atom stereocenters. The van der Waals surface area contributed by atoms with Gasteiger partial charge in [0.1, 0.15) is 17.3 Å². The van der Waals surface area contributed by atoms with Crippen molar-refractivity contribution < 1.29 is 13.7 Å². The lowest BCUT2D eigenvalue weighted by molar-refractivity contribution is 0.402. The number of methoxy groups -OCH3 is 1. The van der Waals surface area contributed by atoms with Crippen molar-refractivity contribution in [2.45, 2.75) is 20.3 Å². The molecule has 2 rings (SSSR count). The van der Waals surface area contributed by atoms with E-state index < -0.39 is 0 Å². The van der Waals surface area contributed by atoms with E-state index in [1.54, 1.807) is 13.0 Å². The van der Waals surface area contributed by atoms with Gasteiger partial charge in [0.05, 0.1) is 7.11 Å². The second kappa shape index (κ2) is 4.68. The van der Waals surface area contributed by atoms with Crippen molar-refractivity contribution >= 4 is 5.88 Å². The molecule has 0 spiro atoms. The standard InChI is InChI=1S/C13H15FN2O2/c1-4-8-9(11-6-12(15)18-16-11)5-10(14)7(2)13(8)17-3/h5-6H,4,15H2,1-3H3. The largest absolute Gasteiger partial charge is 0.496 e. The molecular formula is C13H15FN2O2. The molecule has 0 radical (unpaired) electrons. The van der Waals surface area contributed by atoms with Crippen molar-refractivity contribution in [2.75, 3.05) is 12.8 Å². The lowest BCUT2D eigenvalue weighted by Crippen LogP contribution is -2.00. The molecule has 0 unspecified atom stereocenters. The zero-order chi connectivity index (χ0) is 13.3. The van der Waals surface area contributed by atoms with Crippen LogP contribution in [0.1, 0.15) is 18.1 Å². The predicted molar refractivity (Wildman–Crippen MR) is 67.0 cm³/mol. The van der Waals surface area contributed by atoms with Crippen LogP contribution in [0.5, 0.6) is 5.75 Å². The summed E-state index contributed by atoms with van der Waals surface area (Å²) < 4.78 is 24.0. The van der Waals surface area contributed by atoms with Crippen LogP contribution in [0.4, 0.5) is 10.3 Å². The van der Waals surface area contributed by atoms with E-state index in [-0.39, 0.29) is 11.7 Å². The molecule has 0 aliphatic rings. The Morgan fingerprint density at radius 3 is 2.67 bits per heavy atom. The van der Waals surface area contributed by atoms with E-state index in [0.717, 1.165) is 5.56 Å². The number of benzene rings is 1. The molecule has 2 aromatic rings. The van der Waals surface area contributed by atoms with Gasteiger partial charge in [0, 0.05) is 22.8 Å². The molecule has 0 bridgehead atoms. The van der Waals surface area contributed by atoms with Gasteiger partial charge in [0.2, 0.25) is 5.88 Å². The average Bonchev–Trinajstić information content (AvgIpc) is 2.78. The molecule has 2 N–H and O–H groups in total. The highest BCUT2D eigenvalue weighted by Crippen LogP contribution is 2.35. The van der Waals surface area contributed by atoms with Gasteiger partial charge in [0.15, 0.2) is 0 Å². The van der Waals surface area contributed by atoms with Crippen molar-refractivity contribution in [2.24, 2.45) is 0 Å². The number of ether oxygens (including phenoxy) is 1. The predicted octanol–water partition coefficient (Wildman–Crippen LogP) is 2.94. The number of aromatic nitrogens is 1. The highest BCUT2D eigenvalue weighted by atomic mass is 19.1. The summed E-state index contributed by atoms with van der Waals surface area (Å²) in [6, 6.07) is 3.01. The minimum absolute atomic E-state index is 0.201. The zero-order valence-corrected chi connectivity index (χ0v) is 10.6. The van der Waals surface area contributed by atoms with Gasteiger partial charge in [-0.2, -0.15) is 0 Å². The van der Waals surface area contributed by atoms with Crippen LogP contribution in [0.15, 0.2) is 16.7 Å². The third kappa shape index (κ3) is 1.92. The van der Waals surface area contributed by atoms with Gasteiger partial charge >= 0.3 is 0 Å². The van der Waals surface area contributed by atoms with E-state index >= 15 is 0 Å². The Morgan fingerprint density at radius 1 is 1.44 bits per heavy atom. The molecule has 0 amide bonds. The van der Waals surface area contributed by atoms with E-state index in [9.17, 15) is 4.39 Å². The minimum atomic E-state index is -0.333. The fourth-order valence-corrected chi connectivity index (χ4v) is 2.05. The molecular weight excluding hydrogens is 235 g/mol. The summed E-state index contributed by atoms with van der Waals surface area (Å²) in [4.78, 5) is 0. The van der Waals surface area contributed by atoms with Gasteiger partial charge in [-0.1, -0.05) is 12.1 Å². The van der Waals surface area contributed by atoms with Crippen LogP contribution in [0.3, 0.4) is 0 Å². The summed E-state index contributed by atoms with van der Waals surface area (Å²) >= 11 is 0. The van der Waals surface area contributed by atoms with Crippen molar-refractivity contribution in [1.29, 1.82) is 0 Å². The molecule has 0 aliphatic heterocycles. The summed E-state index contributed by atoms with van der Waals surface area (Å²) in [6.45, 7) is 3.66. The number of hydrogen-bond acceptors (Lipinski definition) is 4. The normalized spacial score (nSPS) is 10.7. The summed E-state index contributed by atoms with van der Waals surface area (Å²) in [5, 5.41) is 3.82. The number of anilines is 1. The Morgan fingerprint density at radius 2 is 2.17 bits per heavy atom. The number of hydrogen-bond donors (Lipinski definition) is 1. The molecule has 4 nitrogen and oxygen atoms in total. The Bertz CT molecular complexity index is 579. The van der Waals surface area contributed by atoms with Gasteiger partial charge in [-0.05, 0) is 19.4 Å². The lowest BCUT2D eigenvalue weighted by atomic mass is 9.98. The molecule has 96 valence electrons. The fraction of sp³-hybridized carbons (Fsp3) is 0.308. The third-order valence-electron chi connectivity index (χ3n) is 2.93. The van der Waals surface area contributed by atoms with Crippen molar-refractivity contribution in [3.63, 3.8) is 0 Å². The summed E-state index contributed by atoms with van der Waals surface area (Å²) in [6.07, 6.45) is 0.701. The van der Waals surface area contributed by atoms with Crippen LogP contribution >= 0.6 is 0 Å². The zero-order valence-electron chi connectivity index (χ0n) is 10.6. The molecule has 18 heavy (non-hydrogen) atoms. The van der Waals surface area contributed by atoms with Gasteiger partial charge in [-0.25, -0.2) is 4.39 Å². The van der Waals surface area contributed by atoms with Crippen LogP contribution in [-0.2, 0) is 6.42 Å². The van der Waals surface area contributed by atoms with Crippen molar-refractivity contribution in [3.05, 3.63) is 29.1 Å². The second-order valence-electron chi connectivity index (χ2n) is 4.01. The van der Waals surface area contributed by atoms with Crippen LogP contribution in [0.25, 0.3) is 11.3 Å². The van der Waals surface area contributed by atoms with Crippen LogP contribution in [0, 0.1) is 12.7 Å². The van der Waals surface area contributed by atoms with E-state index in [1.165, 1.54) is 13.2 Å². The molecule has 1 aromatic heterocycles. The van der Waals surface area contributed by atoms with E-state index in [1.807, 2.05) is 6.92 Å². The van der Waals surface area contributed by atoms with Crippen molar-refractivity contribution in [3.8, 4) is 17.0 Å². The Hall–Kier alpha value is -2.04. The van der Waals surface area contributed by atoms with Gasteiger partial charge < -0.3 is 15.0 Å². The van der Waals surface area contributed by atoms with Gasteiger partial charge in [-0.15, -0.1) is 0 Å². The first-order valence-corrected chi connectivity index (χ1v) is 5.67. The number of nitrogen functional groups attached to an aromatic ring is 1. The minimum Gasteiger partial charge on any atom is -0.496 e. The quantitative estimate of drug-likeness (QED) is 0.909.